The average molecular weight is 456 g/mol. The zero-order chi connectivity index (χ0) is 23.5. The molecule has 1 unspecified atom stereocenters. The molecule has 0 spiro atoms. The maximum Gasteiger partial charge on any atom is 0.419 e. The van der Waals surface area contributed by atoms with Crippen LogP contribution in [0.25, 0.3) is 22.2 Å². The second kappa shape index (κ2) is 9.52. The minimum absolute atomic E-state index is 0.00210. The number of amides is 1. The maximum absolute atomic E-state index is 14.9. The van der Waals surface area contributed by atoms with E-state index in [-0.39, 0.29) is 17.5 Å². The van der Waals surface area contributed by atoms with Crippen molar-refractivity contribution in [3.63, 3.8) is 0 Å². The van der Waals surface area contributed by atoms with Gasteiger partial charge in [0.15, 0.2) is 5.58 Å². The van der Waals surface area contributed by atoms with Crippen LogP contribution in [0.5, 0.6) is 0 Å². The molecule has 2 atom stereocenters. The molecule has 8 nitrogen and oxygen atoms in total. The van der Waals surface area contributed by atoms with Gasteiger partial charge >= 0.3 is 5.76 Å². The lowest BCUT2D eigenvalue weighted by Gasteiger charge is -2.18. The third-order valence-electron chi connectivity index (χ3n) is 5.57. The Kier molecular flexibility index (Phi) is 6.53. The first-order valence-corrected chi connectivity index (χ1v) is 10.5. The van der Waals surface area contributed by atoms with Crippen molar-refractivity contribution in [3.05, 3.63) is 58.1 Å². The molecule has 10 heteroatoms. The molecule has 1 amide bonds. The molecule has 1 saturated heterocycles. The van der Waals surface area contributed by atoms with Crippen LogP contribution in [-0.2, 0) is 23.0 Å². The van der Waals surface area contributed by atoms with Gasteiger partial charge in [-0.05, 0) is 48.4 Å². The Morgan fingerprint density at radius 3 is 2.94 bits per heavy atom. The summed E-state index contributed by atoms with van der Waals surface area (Å²) in [5.41, 5.74) is 1.11. The number of nitriles is 1. The quantitative estimate of drug-likeness (QED) is 0.608. The van der Waals surface area contributed by atoms with Crippen LogP contribution in [0.3, 0.4) is 0 Å². The molecule has 0 saturated carbocycles. The zero-order valence-electron chi connectivity index (χ0n) is 17.9. The van der Waals surface area contributed by atoms with E-state index >= 15 is 0 Å². The van der Waals surface area contributed by atoms with Gasteiger partial charge in [-0.15, -0.1) is 0 Å². The fraction of sp³-hybridized carbons (Fsp3) is 0.348. The SMILES string of the molecule is Cn1c(=O)oc2ccc(-c3cc(F)c(CC(C#N)NC(=O)[C@@H]4CNCCCO4)cc3F)cc21. The van der Waals surface area contributed by atoms with E-state index in [2.05, 4.69) is 10.6 Å². The Hall–Kier alpha value is -3.55. The van der Waals surface area contributed by atoms with Crippen molar-refractivity contribution in [2.45, 2.75) is 25.0 Å². The van der Waals surface area contributed by atoms with Crippen LogP contribution in [-0.4, -0.2) is 42.3 Å². The number of nitrogens with zero attached hydrogens (tertiary/aromatic N) is 2. The molecule has 2 N–H and O–H groups in total. The lowest BCUT2D eigenvalue weighted by atomic mass is 9.99. The molecule has 2 aromatic carbocycles. The molecule has 3 aromatic rings. The van der Waals surface area contributed by atoms with Crippen LogP contribution >= 0.6 is 0 Å². The van der Waals surface area contributed by atoms with E-state index in [0.717, 1.165) is 25.1 Å². The van der Waals surface area contributed by atoms with Crippen molar-refractivity contribution < 1.29 is 22.7 Å². The Labute approximate surface area is 187 Å². The predicted octanol–water partition coefficient (Wildman–Crippen LogP) is 2.01. The number of rotatable bonds is 5. The summed E-state index contributed by atoms with van der Waals surface area (Å²) in [5.74, 6) is -2.45. The van der Waals surface area contributed by atoms with Crippen molar-refractivity contribution >= 4 is 17.0 Å². The number of aryl methyl sites for hydroxylation is 1. The summed E-state index contributed by atoms with van der Waals surface area (Å²) in [6.45, 7) is 1.46. The number of oxazole rings is 1. The first kappa shape index (κ1) is 22.6. The molecule has 1 fully saturated rings. The van der Waals surface area contributed by atoms with E-state index in [4.69, 9.17) is 9.15 Å². The van der Waals surface area contributed by atoms with Crippen LogP contribution in [0, 0.1) is 23.0 Å². The molecule has 1 aromatic heterocycles. The van der Waals surface area contributed by atoms with Gasteiger partial charge in [-0.2, -0.15) is 5.26 Å². The van der Waals surface area contributed by atoms with Gasteiger partial charge in [0.25, 0.3) is 5.91 Å². The summed E-state index contributed by atoms with van der Waals surface area (Å²) in [6, 6.07) is 7.51. The van der Waals surface area contributed by atoms with E-state index in [9.17, 15) is 23.6 Å². The average Bonchev–Trinajstić information content (AvgIpc) is 2.98. The molecule has 0 bridgehead atoms. The fourth-order valence-electron chi connectivity index (χ4n) is 3.76. The number of benzene rings is 2. The van der Waals surface area contributed by atoms with E-state index in [1.807, 2.05) is 6.07 Å². The minimum Gasteiger partial charge on any atom is -0.408 e. The van der Waals surface area contributed by atoms with Crippen LogP contribution in [0.1, 0.15) is 12.0 Å². The standard InChI is InChI=1S/C23H22F2N4O4/c1-29-19-9-13(3-4-20(19)33-23(29)31)16-10-17(24)14(8-18(16)25)7-15(11-26)28-22(30)21-12-27-5-2-6-32-21/h3-4,8-10,15,21,27H,2,5-7,12H2,1H3,(H,28,30)/t15?,21-/m0/s1. The predicted molar refractivity (Wildman–Crippen MR) is 115 cm³/mol. The van der Waals surface area contributed by atoms with Crippen LogP contribution in [0.4, 0.5) is 8.78 Å². The third-order valence-corrected chi connectivity index (χ3v) is 5.57. The number of fused-ring (bicyclic) bond motifs is 1. The smallest absolute Gasteiger partial charge is 0.408 e. The van der Waals surface area contributed by atoms with Gasteiger partial charge in [0.05, 0.1) is 11.6 Å². The van der Waals surface area contributed by atoms with Crippen molar-refractivity contribution in [1.82, 2.24) is 15.2 Å². The van der Waals surface area contributed by atoms with Gasteiger partial charge in [0.1, 0.15) is 23.8 Å². The zero-order valence-corrected chi connectivity index (χ0v) is 17.9. The summed E-state index contributed by atoms with van der Waals surface area (Å²) in [5, 5.41) is 15.0. The normalized spacial score (nSPS) is 17.3. The van der Waals surface area contributed by atoms with Crippen LogP contribution < -0.4 is 16.4 Å². The van der Waals surface area contributed by atoms with Crippen LogP contribution in [0.15, 0.2) is 39.5 Å². The molecule has 0 radical (unpaired) electrons. The van der Waals surface area contributed by atoms with Gasteiger partial charge in [-0.3, -0.25) is 9.36 Å². The molecule has 2 heterocycles. The van der Waals surface area contributed by atoms with Gasteiger partial charge in [0, 0.05) is 32.2 Å². The molecule has 172 valence electrons. The van der Waals surface area contributed by atoms with Crippen LogP contribution in [0.2, 0.25) is 0 Å². The molecule has 1 aliphatic heterocycles. The summed E-state index contributed by atoms with van der Waals surface area (Å²) in [6.07, 6.45) is -0.187. The fourth-order valence-corrected chi connectivity index (χ4v) is 3.76. The Bertz CT molecular complexity index is 1290. The van der Waals surface area contributed by atoms with E-state index in [0.29, 0.717) is 29.8 Å². The monoisotopic (exact) mass is 456 g/mol. The summed E-state index contributed by atoms with van der Waals surface area (Å²) >= 11 is 0. The highest BCUT2D eigenvalue weighted by molar-refractivity contribution is 5.82. The summed E-state index contributed by atoms with van der Waals surface area (Å²) in [7, 11) is 1.52. The highest BCUT2D eigenvalue weighted by Crippen LogP contribution is 2.28. The summed E-state index contributed by atoms with van der Waals surface area (Å²) < 4.78 is 41.6. The number of hydrogen-bond acceptors (Lipinski definition) is 6. The van der Waals surface area contributed by atoms with Crippen molar-refractivity contribution in [3.8, 4) is 17.2 Å². The number of carbonyl (C=O) groups excluding carboxylic acids is 1. The van der Waals surface area contributed by atoms with E-state index in [1.165, 1.54) is 29.8 Å². The van der Waals surface area contributed by atoms with Gasteiger partial charge in [-0.1, -0.05) is 6.07 Å². The topological polar surface area (TPSA) is 109 Å². The Morgan fingerprint density at radius 2 is 2.15 bits per heavy atom. The summed E-state index contributed by atoms with van der Waals surface area (Å²) in [4.78, 5) is 24.1. The van der Waals surface area contributed by atoms with Crippen molar-refractivity contribution in [2.24, 2.45) is 7.05 Å². The van der Waals surface area contributed by atoms with E-state index in [1.54, 1.807) is 0 Å². The highest BCUT2D eigenvalue weighted by atomic mass is 19.1. The lowest BCUT2D eigenvalue weighted by molar-refractivity contribution is -0.132. The molecule has 4 rings (SSSR count). The molecule has 1 aliphatic rings. The molecular weight excluding hydrogens is 434 g/mol. The maximum atomic E-state index is 14.9. The molecule has 33 heavy (non-hydrogen) atoms. The minimum atomic E-state index is -1.05. The van der Waals surface area contributed by atoms with E-state index < -0.39 is 35.4 Å². The largest absolute Gasteiger partial charge is 0.419 e. The van der Waals surface area contributed by atoms with Crippen molar-refractivity contribution in [1.29, 1.82) is 5.26 Å². The molecular formula is C23H22F2N4O4. The number of carbonyl (C=O) groups is 1. The van der Waals surface area contributed by atoms with Gasteiger partial charge in [0.2, 0.25) is 0 Å². The Balaban J connectivity index is 1.54. The number of aromatic nitrogens is 1. The number of hydrogen-bond donors (Lipinski definition) is 2. The second-order valence-corrected chi connectivity index (χ2v) is 7.84. The lowest BCUT2D eigenvalue weighted by Crippen LogP contribution is -2.46. The number of ether oxygens (including phenoxy) is 1. The second-order valence-electron chi connectivity index (χ2n) is 7.84. The number of nitrogens with one attached hydrogen (secondary N) is 2. The number of halogens is 2. The molecule has 0 aliphatic carbocycles. The van der Waals surface area contributed by atoms with Gasteiger partial charge in [-0.25, -0.2) is 13.6 Å². The first-order valence-electron chi connectivity index (χ1n) is 10.5. The Morgan fingerprint density at radius 1 is 1.33 bits per heavy atom. The highest BCUT2D eigenvalue weighted by Gasteiger charge is 2.24. The van der Waals surface area contributed by atoms with Crippen molar-refractivity contribution in [2.75, 3.05) is 19.7 Å². The third kappa shape index (κ3) is 4.79. The first-order chi connectivity index (χ1) is 15.9. The van der Waals surface area contributed by atoms with Gasteiger partial charge < -0.3 is 19.8 Å².